The third-order valence-electron chi connectivity index (χ3n) is 2.85. The second-order valence-corrected chi connectivity index (χ2v) is 4.86. The number of hydrogen-bond donors (Lipinski definition) is 2. The summed E-state index contributed by atoms with van der Waals surface area (Å²) in [5.74, 6) is 0.444. The van der Waals surface area contributed by atoms with Gasteiger partial charge in [0.15, 0.2) is 0 Å². The zero-order chi connectivity index (χ0) is 13.1. The number of nitrogens with two attached hydrogens (primary N) is 2. The number of aryl methyl sites for hydroxylation is 1. The van der Waals surface area contributed by atoms with E-state index in [1.807, 2.05) is 6.07 Å². The molecule has 0 saturated heterocycles. The summed E-state index contributed by atoms with van der Waals surface area (Å²) in [4.78, 5) is 4.02. The maximum atomic E-state index is 6.17. The SMILES string of the molecule is Cc1cccc(CC(N)c2cc(Cl)cnc2N)c1. The number of halogens is 1. The van der Waals surface area contributed by atoms with Crippen molar-refractivity contribution in [1.82, 2.24) is 4.98 Å². The van der Waals surface area contributed by atoms with E-state index in [9.17, 15) is 0 Å². The van der Waals surface area contributed by atoms with Crippen molar-refractivity contribution in [3.05, 3.63) is 58.2 Å². The smallest absolute Gasteiger partial charge is 0.128 e. The third-order valence-corrected chi connectivity index (χ3v) is 3.06. The van der Waals surface area contributed by atoms with Crippen LogP contribution in [0, 0.1) is 6.92 Å². The Morgan fingerprint density at radius 3 is 2.83 bits per heavy atom. The highest BCUT2D eigenvalue weighted by Gasteiger charge is 2.12. The lowest BCUT2D eigenvalue weighted by molar-refractivity contribution is 0.721. The van der Waals surface area contributed by atoms with Crippen LogP contribution in [0.3, 0.4) is 0 Å². The van der Waals surface area contributed by atoms with Gasteiger partial charge >= 0.3 is 0 Å². The quantitative estimate of drug-likeness (QED) is 0.893. The molecule has 0 bridgehead atoms. The van der Waals surface area contributed by atoms with Crippen LogP contribution >= 0.6 is 11.6 Å². The molecule has 18 heavy (non-hydrogen) atoms. The van der Waals surface area contributed by atoms with Gasteiger partial charge in [-0.05, 0) is 25.0 Å². The van der Waals surface area contributed by atoms with Crippen molar-refractivity contribution in [2.24, 2.45) is 5.73 Å². The molecule has 3 nitrogen and oxygen atoms in total. The van der Waals surface area contributed by atoms with Crippen molar-refractivity contribution in [1.29, 1.82) is 0 Å². The van der Waals surface area contributed by atoms with Crippen LogP contribution in [0.4, 0.5) is 5.82 Å². The summed E-state index contributed by atoms with van der Waals surface area (Å²) in [5.41, 5.74) is 15.2. The second kappa shape index (κ2) is 5.38. The van der Waals surface area contributed by atoms with E-state index in [0.29, 0.717) is 17.3 Å². The first-order valence-corrected chi connectivity index (χ1v) is 6.16. The minimum Gasteiger partial charge on any atom is -0.383 e. The standard InChI is InChI=1S/C14H16ClN3/c1-9-3-2-4-10(5-9)6-13(16)12-7-11(15)8-18-14(12)17/h2-5,7-8,13H,6,16H2,1H3,(H2,17,18). The molecule has 2 rings (SSSR count). The van der Waals surface area contributed by atoms with Gasteiger partial charge in [-0.25, -0.2) is 4.98 Å². The lowest BCUT2D eigenvalue weighted by Crippen LogP contribution is -2.16. The first-order valence-electron chi connectivity index (χ1n) is 5.78. The summed E-state index contributed by atoms with van der Waals surface area (Å²) in [6.07, 6.45) is 2.24. The third kappa shape index (κ3) is 3.00. The minimum atomic E-state index is -0.196. The Morgan fingerprint density at radius 1 is 1.33 bits per heavy atom. The number of pyridine rings is 1. The fourth-order valence-corrected chi connectivity index (χ4v) is 2.13. The van der Waals surface area contributed by atoms with Crippen molar-refractivity contribution in [2.45, 2.75) is 19.4 Å². The normalized spacial score (nSPS) is 12.4. The molecule has 0 aliphatic rings. The molecule has 94 valence electrons. The predicted octanol–water partition coefficient (Wildman–Crippen LogP) is 2.87. The van der Waals surface area contributed by atoms with E-state index in [0.717, 1.165) is 5.56 Å². The molecule has 0 radical (unpaired) electrons. The molecule has 1 atom stereocenters. The number of hydrogen-bond acceptors (Lipinski definition) is 3. The lowest BCUT2D eigenvalue weighted by atomic mass is 9.99. The molecule has 4 N–H and O–H groups in total. The van der Waals surface area contributed by atoms with E-state index in [2.05, 4.69) is 30.1 Å². The number of nitrogen functional groups attached to an aromatic ring is 1. The average molecular weight is 262 g/mol. The van der Waals surface area contributed by atoms with Crippen LogP contribution in [0.1, 0.15) is 22.7 Å². The Hall–Kier alpha value is -1.58. The fourth-order valence-electron chi connectivity index (χ4n) is 1.97. The van der Waals surface area contributed by atoms with Crippen LogP contribution in [-0.2, 0) is 6.42 Å². The fraction of sp³-hybridized carbons (Fsp3) is 0.214. The van der Waals surface area contributed by atoms with Gasteiger partial charge in [0.1, 0.15) is 5.82 Å². The Morgan fingerprint density at radius 2 is 2.11 bits per heavy atom. The molecule has 1 aromatic carbocycles. The zero-order valence-corrected chi connectivity index (χ0v) is 11.0. The molecule has 0 amide bonds. The van der Waals surface area contributed by atoms with Crippen LogP contribution in [-0.4, -0.2) is 4.98 Å². The highest BCUT2D eigenvalue weighted by molar-refractivity contribution is 6.30. The predicted molar refractivity (Wildman–Crippen MR) is 75.5 cm³/mol. The molecule has 1 unspecified atom stereocenters. The minimum absolute atomic E-state index is 0.196. The zero-order valence-electron chi connectivity index (χ0n) is 10.2. The van der Waals surface area contributed by atoms with E-state index < -0.39 is 0 Å². The molecule has 0 fully saturated rings. The van der Waals surface area contributed by atoms with Gasteiger partial charge in [0.25, 0.3) is 0 Å². The monoisotopic (exact) mass is 261 g/mol. The molecule has 0 spiro atoms. The van der Waals surface area contributed by atoms with E-state index in [-0.39, 0.29) is 6.04 Å². The van der Waals surface area contributed by atoms with Crippen molar-refractivity contribution in [3.8, 4) is 0 Å². The Bertz CT molecular complexity index is 554. The number of aromatic nitrogens is 1. The average Bonchev–Trinajstić information content (AvgIpc) is 2.32. The molecule has 2 aromatic rings. The van der Waals surface area contributed by atoms with Gasteiger partial charge in [0, 0.05) is 17.8 Å². The molecular formula is C14H16ClN3. The van der Waals surface area contributed by atoms with Gasteiger partial charge in [0.05, 0.1) is 5.02 Å². The summed E-state index contributed by atoms with van der Waals surface area (Å²) in [5, 5.41) is 0.555. The summed E-state index contributed by atoms with van der Waals surface area (Å²) in [6.45, 7) is 2.06. The number of anilines is 1. The van der Waals surface area contributed by atoms with Crippen LogP contribution in [0.2, 0.25) is 5.02 Å². The highest BCUT2D eigenvalue weighted by atomic mass is 35.5. The van der Waals surface area contributed by atoms with Crippen molar-refractivity contribution >= 4 is 17.4 Å². The second-order valence-electron chi connectivity index (χ2n) is 4.43. The molecule has 0 aliphatic heterocycles. The van der Waals surface area contributed by atoms with Crippen LogP contribution in [0.25, 0.3) is 0 Å². The van der Waals surface area contributed by atoms with Crippen molar-refractivity contribution in [2.75, 3.05) is 5.73 Å². The van der Waals surface area contributed by atoms with Gasteiger partial charge in [-0.15, -0.1) is 0 Å². The maximum absolute atomic E-state index is 6.17. The summed E-state index contributed by atoms with van der Waals surface area (Å²) >= 11 is 5.92. The molecule has 0 saturated carbocycles. The molecule has 4 heteroatoms. The van der Waals surface area contributed by atoms with Gasteiger partial charge in [-0.3, -0.25) is 0 Å². The van der Waals surface area contributed by atoms with Crippen LogP contribution in [0.15, 0.2) is 36.5 Å². The number of benzene rings is 1. The van der Waals surface area contributed by atoms with E-state index >= 15 is 0 Å². The first-order chi connectivity index (χ1) is 8.56. The van der Waals surface area contributed by atoms with Crippen LogP contribution < -0.4 is 11.5 Å². The van der Waals surface area contributed by atoms with Gasteiger partial charge in [-0.2, -0.15) is 0 Å². The molecule has 0 aliphatic carbocycles. The first kappa shape index (κ1) is 12.9. The summed E-state index contributed by atoms with van der Waals surface area (Å²) < 4.78 is 0. The number of rotatable bonds is 3. The van der Waals surface area contributed by atoms with Crippen molar-refractivity contribution < 1.29 is 0 Å². The summed E-state index contributed by atoms with van der Waals surface area (Å²) in [6, 6.07) is 9.85. The Kier molecular flexibility index (Phi) is 3.84. The molecule has 1 aromatic heterocycles. The van der Waals surface area contributed by atoms with Gasteiger partial charge in [-0.1, -0.05) is 41.4 Å². The van der Waals surface area contributed by atoms with Crippen LogP contribution in [0.5, 0.6) is 0 Å². The Balaban J connectivity index is 2.21. The maximum Gasteiger partial charge on any atom is 0.128 e. The van der Waals surface area contributed by atoms with E-state index in [4.69, 9.17) is 23.1 Å². The van der Waals surface area contributed by atoms with Crippen molar-refractivity contribution in [3.63, 3.8) is 0 Å². The highest BCUT2D eigenvalue weighted by Crippen LogP contribution is 2.23. The molecule has 1 heterocycles. The topological polar surface area (TPSA) is 64.9 Å². The van der Waals surface area contributed by atoms with Gasteiger partial charge < -0.3 is 11.5 Å². The number of nitrogens with zero attached hydrogens (tertiary/aromatic N) is 1. The Labute approximate surface area is 112 Å². The van der Waals surface area contributed by atoms with E-state index in [1.54, 1.807) is 6.07 Å². The van der Waals surface area contributed by atoms with E-state index in [1.165, 1.54) is 17.3 Å². The van der Waals surface area contributed by atoms with Gasteiger partial charge in [0.2, 0.25) is 0 Å². The molecular weight excluding hydrogens is 246 g/mol. The largest absolute Gasteiger partial charge is 0.383 e. The lowest BCUT2D eigenvalue weighted by Gasteiger charge is -2.14. The summed E-state index contributed by atoms with van der Waals surface area (Å²) in [7, 11) is 0.